The Balaban J connectivity index is 0.00000162. The number of piperazine rings is 1. The van der Waals surface area contributed by atoms with Crippen LogP contribution < -0.4 is 5.32 Å². The van der Waals surface area contributed by atoms with Crippen molar-refractivity contribution < 1.29 is 0 Å². The Morgan fingerprint density at radius 2 is 1.78 bits per heavy atom. The van der Waals surface area contributed by atoms with Crippen molar-refractivity contribution in [1.29, 1.82) is 0 Å². The van der Waals surface area contributed by atoms with Crippen molar-refractivity contribution in [3.05, 3.63) is 30.3 Å². The van der Waals surface area contributed by atoms with E-state index in [9.17, 15) is 0 Å². The molecule has 0 aliphatic carbocycles. The first-order valence-electron chi connectivity index (χ1n) is 6.40. The molecule has 1 fully saturated rings. The maximum atomic E-state index is 3.57. The lowest BCUT2D eigenvalue weighted by Crippen LogP contribution is -2.54. The van der Waals surface area contributed by atoms with Gasteiger partial charge in [-0.25, -0.2) is 0 Å². The number of hydrogen-bond donors (Lipinski definition) is 1. The lowest BCUT2D eigenvalue weighted by molar-refractivity contribution is 0.183. The summed E-state index contributed by atoms with van der Waals surface area (Å²) in [6.45, 7) is 8.09. The zero-order valence-electron chi connectivity index (χ0n) is 11.1. The molecule has 2 atom stereocenters. The Kier molecular flexibility index (Phi) is 7.08. The average molecular weight is 287 g/mol. The second-order valence-corrected chi connectivity index (χ2v) is 6.06. The molecule has 1 heterocycles. The quantitative estimate of drug-likeness (QED) is 0.857. The van der Waals surface area contributed by atoms with E-state index in [1.807, 2.05) is 11.8 Å². The van der Waals surface area contributed by atoms with Crippen LogP contribution in [-0.2, 0) is 0 Å². The third-order valence-electron chi connectivity index (χ3n) is 3.05. The van der Waals surface area contributed by atoms with Crippen LogP contribution in [0.5, 0.6) is 0 Å². The van der Waals surface area contributed by atoms with Crippen molar-refractivity contribution in [2.75, 3.05) is 25.4 Å². The molecule has 0 saturated carbocycles. The van der Waals surface area contributed by atoms with Crippen LogP contribution in [0.2, 0.25) is 0 Å². The summed E-state index contributed by atoms with van der Waals surface area (Å²) in [6.07, 6.45) is 0. The number of rotatable bonds is 4. The minimum atomic E-state index is 0. The maximum absolute atomic E-state index is 3.57. The number of halogens is 1. The molecule has 2 rings (SSSR count). The van der Waals surface area contributed by atoms with Crippen molar-refractivity contribution in [3.63, 3.8) is 0 Å². The smallest absolute Gasteiger partial charge is 0.0169 e. The fourth-order valence-corrected chi connectivity index (χ4v) is 3.37. The van der Waals surface area contributed by atoms with Crippen LogP contribution in [0.3, 0.4) is 0 Å². The molecule has 2 unspecified atom stereocenters. The molecule has 0 amide bonds. The van der Waals surface area contributed by atoms with Gasteiger partial charge in [0.15, 0.2) is 0 Å². The largest absolute Gasteiger partial charge is 0.309 e. The normalized spacial score (nSPS) is 24.6. The van der Waals surface area contributed by atoms with E-state index in [1.165, 1.54) is 30.3 Å². The lowest BCUT2D eigenvalue weighted by atomic mass is 10.1. The van der Waals surface area contributed by atoms with Gasteiger partial charge in [0.2, 0.25) is 0 Å². The van der Waals surface area contributed by atoms with Gasteiger partial charge < -0.3 is 5.32 Å². The number of nitrogens with zero attached hydrogens (tertiary/aromatic N) is 1. The first kappa shape index (κ1) is 15.8. The van der Waals surface area contributed by atoms with Gasteiger partial charge in [-0.2, -0.15) is 0 Å². The predicted octanol–water partition coefficient (Wildman–Crippen LogP) is 2.88. The molecule has 1 aromatic carbocycles. The molecule has 1 N–H and O–H groups in total. The highest BCUT2D eigenvalue weighted by Gasteiger charge is 2.19. The van der Waals surface area contributed by atoms with E-state index in [0.29, 0.717) is 12.1 Å². The van der Waals surface area contributed by atoms with Gasteiger partial charge in [-0.05, 0) is 26.0 Å². The van der Waals surface area contributed by atoms with Crippen LogP contribution in [0.4, 0.5) is 0 Å². The Morgan fingerprint density at radius 1 is 1.17 bits per heavy atom. The summed E-state index contributed by atoms with van der Waals surface area (Å²) in [4.78, 5) is 3.95. The van der Waals surface area contributed by atoms with Crippen molar-refractivity contribution >= 4 is 24.2 Å². The van der Waals surface area contributed by atoms with Crippen LogP contribution >= 0.6 is 24.2 Å². The standard InChI is InChI=1S/C14H22N2S.ClH/c1-12-10-16(11-13(2)15-12)8-9-17-14-6-4-3-5-7-14;/h3-7,12-13,15H,8-11H2,1-2H3;1H. The van der Waals surface area contributed by atoms with Gasteiger partial charge in [0.05, 0.1) is 0 Å². The van der Waals surface area contributed by atoms with Gasteiger partial charge >= 0.3 is 0 Å². The van der Waals surface area contributed by atoms with Crippen molar-refractivity contribution in [1.82, 2.24) is 10.2 Å². The van der Waals surface area contributed by atoms with E-state index < -0.39 is 0 Å². The van der Waals surface area contributed by atoms with Crippen LogP contribution in [0.1, 0.15) is 13.8 Å². The second kappa shape index (κ2) is 8.05. The predicted molar refractivity (Wildman–Crippen MR) is 82.9 cm³/mol. The monoisotopic (exact) mass is 286 g/mol. The molecule has 0 bridgehead atoms. The van der Waals surface area contributed by atoms with E-state index in [0.717, 1.165) is 0 Å². The van der Waals surface area contributed by atoms with Gasteiger partial charge in [-0.3, -0.25) is 4.90 Å². The highest BCUT2D eigenvalue weighted by molar-refractivity contribution is 7.99. The Labute approximate surface area is 121 Å². The van der Waals surface area contributed by atoms with Gasteiger partial charge in [0.1, 0.15) is 0 Å². The summed E-state index contributed by atoms with van der Waals surface area (Å²) in [6, 6.07) is 11.9. The molecule has 1 aliphatic rings. The minimum Gasteiger partial charge on any atom is -0.309 e. The van der Waals surface area contributed by atoms with E-state index in [-0.39, 0.29) is 12.4 Å². The number of benzene rings is 1. The highest BCUT2D eigenvalue weighted by atomic mass is 35.5. The van der Waals surface area contributed by atoms with E-state index in [4.69, 9.17) is 0 Å². The number of thioether (sulfide) groups is 1. The minimum absolute atomic E-state index is 0. The highest BCUT2D eigenvalue weighted by Crippen LogP contribution is 2.17. The summed E-state index contributed by atoms with van der Waals surface area (Å²) in [5, 5.41) is 3.57. The van der Waals surface area contributed by atoms with E-state index in [1.54, 1.807) is 0 Å². The number of nitrogens with one attached hydrogen (secondary N) is 1. The third kappa shape index (κ3) is 5.19. The molecule has 1 aliphatic heterocycles. The van der Waals surface area contributed by atoms with E-state index >= 15 is 0 Å². The molecular formula is C14H23ClN2S. The molecule has 2 nitrogen and oxygen atoms in total. The summed E-state index contributed by atoms with van der Waals surface area (Å²) < 4.78 is 0. The van der Waals surface area contributed by atoms with Gasteiger partial charge in [0.25, 0.3) is 0 Å². The lowest BCUT2D eigenvalue weighted by Gasteiger charge is -2.36. The molecule has 18 heavy (non-hydrogen) atoms. The van der Waals surface area contributed by atoms with Crippen molar-refractivity contribution in [2.24, 2.45) is 0 Å². The van der Waals surface area contributed by atoms with Gasteiger partial charge in [-0.1, -0.05) is 18.2 Å². The molecule has 1 aromatic rings. The zero-order chi connectivity index (χ0) is 12.1. The second-order valence-electron chi connectivity index (χ2n) is 4.89. The first-order valence-corrected chi connectivity index (χ1v) is 7.39. The molecule has 0 radical (unpaired) electrons. The maximum Gasteiger partial charge on any atom is 0.0169 e. The van der Waals surface area contributed by atoms with E-state index in [2.05, 4.69) is 54.4 Å². The van der Waals surface area contributed by atoms with Crippen molar-refractivity contribution in [2.45, 2.75) is 30.8 Å². The molecule has 0 spiro atoms. The van der Waals surface area contributed by atoms with Crippen LogP contribution in [-0.4, -0.2) is 42.4 Å². The molecule has 4 heteroatoms. The summed E-state index contributed by atoms with van der Waals surface area (Å²) in [7, 11) is 0. The fourth-order valence-electron chi connectivity index (χ4n) is 2.43. The summed E-state index contributed by atoms with van der Waals surface area (Å²) >= 11 is 1.95. The molecule has 0 aromatic heterocycles. The zero-order valence-corrected chi connectivity index (χ0v) is 12.8. The SMILES string of the molecule is CC1CN(CCSc2ccccc2)CC(C)N1.Cl. The molecular weight excluding hydrogens is 264 g/mol. The Bertz CT molecular complexity index is 324. The average Bonchev–Trinajstić information content (AvgIpc) is 2.29. The van der Waals surface area contributed by atoms with Crippen molar-refractivity contribution in [3.8, 4) is 0 Å². The fraction of sp³-hybridized carbons (Fsp3) is 0.571. The van der Waals surface area contributed by atoms with Gasteiger partial charge in [0, 0.05) is 42.4 Å². The van der Waals surface area contributed by atoms with Crippen LogP contribution in [0, 0.1) is 0 Å². The molecule has 1 saturated heterocycles. The summed E-state index contributed by atoms with van der Waals surface area (Å²) in [5.74, 6) is 1.18. The summed E-state index contributed by atoms with van der Waals surface area (Å²) in [5.41, 5.74) is 0. The Hall–Kier alpha value is -0.220. The first-order chi connectivity index (χ1) is 8.24. The van der Waals surface area contributed by atoms with Gasteiger partial charge in [-0.15, -0.1) is 24.2 Å². The Morgan fingerprint density at radius 3 is 2.39 bits per heavy atom. The molecule has 102 valence electrons. The van der Waals surface area contributed by atoms with Crippen LogP contribution in [0.15, 0.2) is 35.2 Å². The topological polar surface area (TPSA) is 15.3 Å². The number of hydrogen-bond acceptors (Lipinski definition) is 3. The van der Waals surface area contributed by atoms with Crippen LogP contribution in [0.25, 0.3) is 0 Å². The third-order valence-corrected chi connectivity index (χ3v) is 4.04.